The molecule has 4 aromatic rings. The highest BCUT2D eigenvalue weighted by atomic mass is 16.5. The van der Waals surface area contributed by atoms with Gasteiger partial charge in [0.1, 0.15) is 17.8 Å². The van der Waals surface area contributed by atoms with Crippen molar-refractivity contribution in [2.75, 3.05) is 23.1 Å². The average molecular weight is 501 g/mol. The fourth-order valence-corrected chi connectivity index (χ4v) is 3.77. The van der Waals surface area contributed by atoms with E-state index in [1.165, 1.54) is 6.33 Å². The summed E-state index contributed by atoms with van der Waals surface area (Å²) in [5, 5.41) is 10.6. The Labute approximate surface area is 216 Å². The molecule has 9 nitrogen and oxygen atoms in total. The second kappa shape index (κ2) is 10.7. The van der Waals surface area contributed by atoms with Gasteiger partial charge in [-0.25, -0.2) is 9.78 Å². The molecule has 0 bridgehead atoms. The highest BCUT2D eigenvalue weighted by Crippen LogP contribution is 2.35. The molecule has 0 aliphatic carbocycles. The van der Waals surface area contributed by atoms with Gasteiger partial charge in [0.2, 0.25) is 5.95 Å². The zero-order valence-electron chi connectivity index (χ0n) is 21.9. The van der Waals surface area contributed by atoms with Gasteiger partial charge in [0.05, 0.1) is 18.5 Å². The van der Waals surface area contributed by atoms with Crippen molar-refractivity contribution in [2.45, 2.75) is 46.1 Å². The van der Waals surface area contributed by atoms with E-state index in [9.17, 15) is 4.79 Å². The smallest absolute Gasteiger partial charge is 0.326 e. The van der Waals surface area contributed by atoms with Gasteiger partial charge in [0, 0.05) is 16.8 Å². The summed E-state index contributed by atoms with van der Waals surface area (Å²) in [6.07, 6.45) is 1.40. The van der Waals surface area contributed by atoms with Crippen LogP contribution in [0.2, 0.25) is 0 Å². The maximum atomic E-state index is 13.0. The molecule has 192 valence electrons. The van der Waals surface area contributed by atoms with Gasteiger partial charge in [-0.2, -0.15) is 9.97 Å². The number of nitrogens with one attached hydrogen (secondary N) is 3. The number of nitrogens with zero attached hydrogens (tertiary/aromatic N) is 3. The maximum Gasteiger partial charge on any atom is 0.326 e. The Morgan fingerprint density at radius 3 is 2.30 bits per heavy atom. The largest absolute Gasteiger partial charge is 0.495 e. The number of carbonyl (C=O) groups is 1. The Hall–Kier alpha value is -4.40. The van der Waals surface area contributed by atoms with Crippen LogP contribution in [0.1, 0.15) is 40.2 Å². The van der Waals surface area contributed by atoms with Gasteiger partial charge >= 0.3 is 12.0 Å². The molecule has 0 radical (unpaired) electrons. The summed E-state index contributed by atoms with van der Waals surface area (Å²) >= 11 is 0. The summed E-state index contributed by atoms with van der Waals surface area (Å²) < 4.78 is 11.5. The molecule has 0 aliphatic heterocycles. The topological polar surface area (TPSA) is 110 Å². The summed E-state index contributed by atoms with van der Waals surface area (Å²) in [6.45, 7) is 10.3. The van der Waals surface area contributed by atoms with Gasteiger partial charge in [0.25, 0.3) is 0 Å². The molecule has 0 atom stereocenters. The van der Waals surface area contributed by atoms with E-state index in [0.717, 1.165) is 16.3 Å². The molecule has 1 heterocycles. The van der Waals surface area contributed by atoms with Gasteiger partial charge in [-0.05, 0) is 49.1 Å². The summed E-state index contributed by atoms with van der Waals surface area (Å²) in [5.41, 5.74) is 2.23. The normalized spacial score (nSPS) is 11.3. The number of aromatic nitrogens is 3. The van der Waals surface area contributed by atoms with Crippen LogP contribution in [0.25, 0.3) is 10.8 Å². The number of urea groups is 1. The number of amides is 2. The van der Waals surface area contributed by atoms with E-state index >= 15 is 0 Å². The highest BCUT2D eigenvalue weighted by Gasteiger charge is 2.18. The number of hydrogen-bond donors (Lipinski definition) is 3. The molecule has 0 saturated carbocycles. The van der Waals surface area contributed by atoms with Crippen molar-refractivity contribution in [3.63, 3.8) is 0 Å². The minimum absolute atomic E-state index is 0.0741. The molecular formula is C28H32N6O3. The van der Waals surface area contributed by atoms with E-state index < -0.39 is 0 Å². The van der Waals surface area contributed by atoms with Gasteiger partial charge < -0.3 is 25.4 Å². The van der Waals surface area contributed by atoms with Gasteiger partial charge in [-0.15, -0.1) is 0 Å². The first-order valence-electron chi connectivity index (χ1n) is 12.1. The average Bonchev–Trinajstić information content (AvgIpc) is 2.85. The van der Waals surface area contributed by atoms with Crippen molar-refractivity contribution >= 4 is 34.1 Å². The van der Waals surface area contributed by atoms with Crippen molar-refractivity contribution < 1.29 is 14.3 Å². The molecule has 0 fully saturated rings. The van der Waals surface area contributed by atoms with Crippen LogP contribution in [0, 0.1) is 0 Å². The first-order chi connectivity index (χ1) is 17.6. The molecule has 9 heteroatoms. The zero-order chi connectivity index (χ0) is 26.6. The van der Waals surface area contributed by atoms with Gasteiger partial charge in [-0.3, -0.25) is 0 Å². The minimum Gasteiger partial charge on any atom is -0.495 e. The predicted molar refractivity (Wildman–Crippen MR) is 147 cm³/mol. The van der Waals surface area contributed by atoms with Crippen molar-refractivity contribution in [1.82, 2.24) is 15.0 Å². The highest BCUT2D eigenvalue weighted by molar-refractivity contribution is 6.08. The molecule has 37 heavy (non-hydrogen) atoms. The monoisotopic (exact) mass is 500 g/mol. The number of ether oxygens (including phenoxy) is 2. The van der Waals surface area contributed by atoms with E-state index in [0.29, 0.717) is 28.8 Å². The van der Waals surface area contributed by atoms with Crippen LogP contribution in [0.15, 0.2) is 60.9 Å². The van der Waals surface area contributed by atoms with Crippen LogP contribution < -0.4 is 25.4 Å². The molecular weight excluding hydrogens is 468 g/mol. The summed E-state index contributed by atoms with van der Waals surface area (Å²) in [5.74, 6) is 1.58. The summed E-state index contributed by atoms with van der Waals surface area (Å²) in [7, 11) is 1.58. The third-order valence-corrected chi connectivity index (χ3v) is 5.61. The van der Waals surface area contributed by atoms with E-state index in [2.05, 4.69) is 51.7 Å². The maximum absolute atomic E-state index is 13.0. The third kappa shape index (κ3) is 6.24. The van der Waals surface area contributed by atoms with Crippen LogP contribution in [0.5, 0.6) is 17.5 Å². The number of carbonyl (C=O) groups excluding carboxylic acids is 1. The van der Waals surface area contributed by atoms with E-state index in [1.807, 2.05) is 56.3 Å². The van der Waals surface area contributed by atoms with E-state index in [1.54, 1.807) is 19.2 Å². The Balaban J connectivity index is 1.58. The van der Waals surface area contributed by atoms with Gasteiger partial charge in [0.15, 0.2) is 0 Å². The summed E-state index contributed by atoms with van der Waals surface area (Å²) in [4.78, 5) is 25.6. The van der Waals surface area contributed by atoms with E-state index in [4.69, 9.17) is 9.47 Å². The van der Waals surface area contributed by atoms with Crippen molar-refractivity contribution in [3.8, 4) is 17.5 Å². The Morgan fingerprint density at radius 1 is 0.892 bits per heavy atom. The quantitative estimate of drug-likeness (QED) is 0.263. The van der Waals surface area contributed by atoms with Crippen LogP contribution in [0.3, 0.4) is 0 Å². The number of benzene rings is 3. The molecule has 0 aliphatic rings. The Bertz CT molecular complexity index is 1410. The summed E-state index contributed by atoms with van der Waals surface area (Å²) in [6, 6.07) is 17.0. The number of anilines is 3. The number of fused-ring (bicyclic) bond motifs is 1. The van der Waals surface area contributed by atoms with Crippen LogP contribution in [-0.4, -0.2) is 34.1 Å². The Kier molecular flexibility index (Phi) is 7.42. The minimum atomic E-state index is -0.384. The standard InChI is InChI=1S/C28H32N6O3/c1-17(2)31-25-29-16-30-27(34-25)37-23-14-12-21(19-9-7-8-10-20(19)23)32-26(35)33-22-15-18(28(3,4)5)11-13-24(22)36-6/h7-17H,1-6H3,(H2,32,33,35)(H,29,30,31,34). The molecule has 0 unspecified atom stereocenters. The van der Waals surface area contributed by atoms with Crippen LogP contribution in [0.4, 0.5) is 22.1 Å². The predicted octanol–water partition coefficient (Wildman–Crippen LogP) is 6.59. The lowest BCUT2D eigenvalue weighted by atomic mass is 9.87. The molecule has 1 aromatic heterocycles. The molecule has 3 N–H and O–H groups in total. The Morgan fingerprint density at radius 2 is 1.59 bits per heavy atom. The SMILES string of the molecule is COc1ccc(C(C)(C)C)cc1NC(=O)Nc1ccc(Oc2ncnc(NC(C)C)n2)c2ccccc12. The molecule has 0 saturated heterocycles. The first-order valence-corrected chi connectivity index (χ1v) is 12.1. The fraction of sp³-hybridized carbons (Fsp3) is 0.286. The van der Waals surface area contributed by atoms with Crippen LogP contribution >= 0.6 is 0 Å². The van der Waals surface area contributed by atoms with Crippen LogP contribution in [-0.2, 0) is 5.41 Å². The van der Waals surface area contributed by atoms with Crippen molar-refractivity contribution in [2.24, 2.45) is 0 Å². The lowest BCUT2D eigenvalue weighted by Gasteiger charge is -2.21. The zero-order valence-corrected chi connectivity index (χ0v) is 21.9. The fourth-order valence-electron chi connectivity index (χ4n) is 3.77. The molecule has 4 rings (SSSR count). The van der Waals surface area contributed by atoms with Crippen molar-refractivity contribution in [1.29, 1.82) is 0 Å². The van der Waals surface area contributed by atoms with Crippen molar-refractivity contribution in [3.05, 3.63) is 66.5 Å². The molecule has 0 spiro atoms. The number of methoxy groups -OCH3 is 1. The second-order valence-corrected chi connectivity index (χ2v) is 9.89. The lowest BCUT2D eigenvalue weighted by Crippen LogP contribution is -2.21. The second-order valence-electron chi connectivity index (χ2n) is 9.89. The van der Waals surface area contributed by atoms with E-state index in [-0.39, 0.29) is 23.5 Å². The lowest BCUT2D eigenvalue weighted by molar-refractivity contribution is 0.262. The molecule has 3 aromatic carbocycles. The van der Waals surface area contributed by atoms with Gasteiger partial charge in [-0.1, -0.05) is 51.1 Å². The number of hydrogen-bond acceptors (Lipinski definition) is 7. The number of rotatable bonds is 7. The third-order valence-electron chi connectivity index (χ3n) is 5.61. The molecule has 2 amide bonds. The first kappa shape index (κ1) is 25.7.